The molecule has 2 aromatic rings. The molecule has 1 aromatic heterocycles. The number of thiophene rings is 1. The zero-order valence-corrected chi connectivity index (χ0v) is 10.5. The molecule has 1 aromatic carbocycles. The van der Waals surface area contributed by atoms with Crippen LogP contribution in [0.2, 0.25) is 0 Å². The van der Waals surface area contributed by atoms with E-state index in [2.05, 4.69) is 15.9 Å². The Balaban J connectivity index is 2.48. The van der Waals surface area contributed by atoms with Crippen molar-refractivity contribution in [2.45, 2.75) is 0 Å². The Labute approximate surface area is 104 Å². The van der Waals surface area contributed by atoms with Crippen LogP contribution in [-0.4, -0.2) is 6.41 Å². The molecule has 0 fully saturated rings. The van der Waals surface area contributed by atoms with Crippen molar-refractivity contribution in [1.29, 1.82) is 0 Å². The van der Waals surface area contributed by atoms with Gasteiger partial charge in [-0.25, -0.2) is 4.39 Å². The molecule has 0 saturated heterocycles. The first-order valence-corrected chi connectivity index (χ1v) is 6.12. The molecule has 0 aliphatic heterocycles. The maximum atomic E-state index is 13.6. The molecule has 0 radical (unpaired) electrons. The Kier molecular flexibility index (Phi) is 3.36. The van der Waals surface area contributed by atoms with Crippen LogP contribution in [-0.2, 0) is 4.79 Å². The van der Waals surface area contributed by atoms with Gasteiger partial charge < -0.3 is 0 Å². The monoisotopic (exact) mass is 299 g/mol. The van der Waals surface area contributed by atoms with Crippen molar-refractivity contribution in [2.75, 3.05) is 4.90 Å². The highest BCUT2D eigenvalue weighted by Gasteiger charge is 2.13. The minimum absolute atomic E-state index is 0.242. The molecule has 0 saturated carbocycles. The summed E-state index contributed by atoms with van der Waals surface area (Å²) in [6.45, 7) is 0. The largest absolute Gasteiger partial charge is 0.278 e. The van der Waals surface area contributed by atoms with E-state index in [1.807, 2.05) is 11.4 Å². The first kappa shape index (κ1) is 11.3. The van der Waals surface area contributed by atoms with Crippen LogP contribution in [0.1, 0.15) is 0 Å². The standard InChI is InChI=1S/C11H7BrFNOS/c12-8-3-4-9(13)10(6-8)14(7-15)11-2-1-5-16-11/h1-7H. The highest BCUT2D eigenvalue weighted by atomic mass is 79.9. The Morgan fingerprint density at radius 1 is 1.38 bits per heavy atom. The summed E-state index contributed by atoms with van der Waals surface area (Å²) in [4.78, 5) is 12.3. The quantitative estimate of drug-likeness (QED) is 0.786. The Morgan fingerprint density at radius 3 is 2.81 bits per heavy atom. The van der Waals surface area contributed by atoms with Gasteiger partial charge in [-0.15, -0.1) is 11.3 Å². The van der Waals surface area contributed by atoms with E-state index in [-0.39, 0.29) is 5.69 Å². The van der Waals surface area contributed by atoms with Gasteiger partial charge in [0.2, 0.25) is 6.41 Å². The second-order valence-electron chi connectivity index (χ2n) is 3.02. The third-order valence-electron chi connectivity index (χ3n) is 2.02. The fraction of sp³-hybridized carbons (Fsp3) is 0. The number of benzene rings is 1. The van der Waals surface area contributed by atoms with Crippen molar-refractivity contribution in [1.82, 2.24) is 0 Å². The van der Waals surface area contributed by atoms with Crippen LogP contribution < -0.4 is 4.90 Å². The number of anilines is 2. The van der Waals surface area contributed by atoms with Gasteiger partial charge in [-0.2, -0.15) is 0 Å². The van der Waals surface area contributed by atoms with Gasteiger partial charge in [0.1, 0.15) is 10.8 Å². The van der Waals surface area contributed by atoms with E-state index in [1.54, 1.807) is 18.2 Å². The van der Waals surface area contributed by atoms with E-state index in [0.717, 1.165) is 4.47 Å². The van der Waals surface area contributed by atoms with Crippen molar-refractivity contribution in [3.8, 4) is 0 Å². The van der Waals surface area contributed by atoms with Crippen molar-refractivity contribution >= 4 is 44.4 Å². The Bertz CT molecular complexity index is 501. The van der Waals surface area contributed by atoms with E-state index in [0.29, 0.717) is 11.4 Å². The molecule has 1 heterocycles. The average Bonchev–Trinajstić information content (AvgIpc) is 2.78. The van der Waals surface area contributed by atoms with Gasteiger partial charge in [0.05, 0.1) is 5.69 Å². The fourth-order valence-electron chi connectivity index (χ4n) is 1.30. The van der Waals surface area contributed by atoms with Gasteiger partial charge in [-0.3, -0.25) is 9.69 Å². The molecule has 5 heteroatoms. The van der Waals surface area contributed by atoms with Gasteiger partial charge >= 0.3 is 0 Å². The molecule has 2 nitrogen and oxygen atoms in total. The molecule has 0 aliphatic rings. The van der Waals surface area contributed by atoms with Gasteiger partial charge in [0.25, 0.3) is 0 Å². The van der Waals surface area contributed by atoms with Crippen LogP contribution in [0.25, 0.3) is 0 Å². The molecular weight excluding hydrogens is 293 g/mol. The highest BCUT2D eigenvalue weighted by Crippen LogP contribution is 2.31. The third kappa shape index (κ3) is 2.15. The second kappa shape index (κ2) is 4.76. The SMILES string of the molecule is O=CN(c1cccs1)c1cc(Br)ccc1F. The molecular formula is C11H7BrFNOS. The van der Waals surface area contributed by atoms with Gasteiger partial charge in [0.15, 0.2) is 0 Å². The molecule has 82 valence electrons. The van der Waals surface area contributed by atoms with Crippen LogP contribution in [0.5, 0.6) is 0 Å². The Morgan fingerprint density at radius 2 is 2.19 bits per heavy atom. The normalized spacial score (nSPS) is 10.1. The number of amides is 1. The van der Waals surface area contributed by atoms with E-state index in [1.165, 1.54) is 22.3 Å². The summed E-state index contributed by atoms with van der Waals surface area (Å²) in [5, 5.41) is 2.52. The van der Waals surface area contributed by atoms with Crippen LogP contribution in [0.4, 0.5) is 15.1 Å². The zero-order chi connectivity index (χ0) is 11.5. The highest BCUT2D eigenvalue weighted by molar-refractivity contribution is 9.10. The minimum Gasteiger partial charge on any atom is -0.278 e. The lowest BCUT2D eigenvalue weighted by Gasteiger charge is -2.16. The van der Waals surface area contributed by atoms with Crippen molar-refractivity contribution in [3.05, 3.63) is 46.0 Å². The first-order chi connectivity index (χ1) is 7.72. The van der Waals surface area contributed by atoms with E-state index in [4.69, 9.17) is 0 Å². The molecule has 0 N–H and O–H groups in total. The number of carbonyl (C=O) groups excluding carboxylic acids is 1. The lowest BCUT2D eigenvalue weighted by Crippen LogP contribution is -2.14. The molecule has 0 spiro atoms. The fourth-order valence-corrected chi connectivity index (χ4v) is 2.36. The lowest BCUT2D eigenvalue weighted by atomic mass is 10.3. The topological polar surface area (TPSA) is 20.3 Å². The summed E-state index contributed by atoms with van der Waals surface area (Å²) >= 11 is 4.63. The molecule has 1 amide bonds. The number of carbonyl (C=O) groups is 1. The molecule has 16 heavy (non-hydrogen) atoms. The van der Waals surface area contributed by atoms with Gasteiger partial charge in [-0.1, -0.05) is 15.9 Å². The van der Waals surface area contributed by atoms with Crippen molar-refractivity contribution in [3.63, 3.8) is 0 Å². The second-order valence-corrected chi connectivity index (χ2v) is 4.86. The number of nitrogens with zero attached hydrogens (tertiary/aromatic N) is 1. The van der Waals surface area contributed by atoms with Gasteiger partial charge in [-0.05, 0) is 35.7 Å². The zero-order valence-electron chi connectivity index (χ0n) is 8.06. The summed E-state index contributed by atoms with van der Waals surface area (Å²) in [5.74, 6) is -0.427. The third-order valence-corrected chi connectivity index (χ3v) is 3.38. The van der Waals surface area contributed by atoms with E-state index < -0.39 is 5.82 Å². The predicted molar refractivity (Wildman–Crippen MR) is 66.6 cm³/mol. The van der Waals surface area contributed by atoms with Crippen LogP contribution in [0.15, 0.2) is 40.2 Å². The van der Waals surface area contributed by atoms with Crippen molar-refractivity contribution in [2.24, 2.45) is 0 Å². The molecule has 0 bridgehead atoms. The number of halogens is 2. The molecule has 0 aliphatic carbocycles. The summed E-state index contributed by atoms with van der Waals surface area (Å²) < 4.78 is 14.3. The van der Waals surface area contributed by atoms with E-state index in [9.17, 15) is 9.18 Å². The average molecular weight is 300 g/mol. The molecule has 0 unspecified atom stereocenters. The summed E-state index contributed by atoms with van der Waals surface area (Å²) in [5.41, 5.74) is 0.242. The Hall–Kier alpha value is -1.20. The smallest absolute Gasteiger partial charge is 0.219 e. The number of hydrogen-bond acceptors (Lipinski definition) is 2. The van der Waals surface area contributed by atoms with Gasteiger partial charge in [0, 0.05) is 4.47 Å². The maximum absolute atomic E-state index is 13.6. The van der Waals surface area contributed by atoms with Crippen LogP contribution >= 0.6 is 27.3 Å². The molecule has 0 atom stereocenters. The van der Waals surface area contributed by atoms with Crippen LogP contribution in [0.3, 0.4) is 0 Å². The lowest BCUT2D eigenvalue weighted by molar-refractivity contribution is -0.106. The maximum Gasteiger partial charge on any atom is 0.219 e. The summed E-state index contributed by atoms with van der Waals surface area (Å²) in [6, 6.07) is 8.06. The number of hydrogen-bond donors (Lipinski definition) is 0. The predicted octanol–water partition coefficient (Wildman–Crippen LogP) is 3.94. The number of rotatable bonds is 3. The molecule has 2 rings (SSSR count). The summed E-state index contributed by atoms with van der Waals surface area (Å²) in [6.07, 6.45) is 0.608. The summed E-state index contributed by atoms with van der Waals surface area (Å²) in [7, 11) is 0. The van der Waals surface area contributed by atoms with Crippen LogP contribution in [0, 0.1) is 5.82 Å². The van der Waals surface area contributed by atoms with Crippen molar-refractivity contribution < 1.29 is 9.18 Å². The van der Waals surface area contributed by atoms with E-state index >= 15 is 0 Å². The first-order valence-electron chi connectivity index (χ1n) is 4.45. The minimum atomic E-state index is -0.427.